The molecule has 0 heterocycles. The van der Waals surface area contributed by atoms with Crippen molar-refractivity contribution in [3.63, 3.8) is 0 Å². The standard InChI is InChI=1S/C22H27ClO3/c1-11(24)22(26)7-5-14-12-9-18(23)17-10-19(25)13-8-16(13)21(17,3)15(12)4-6-20(14,22)2/h9-10,12-16,26H,4-8H2,1-3H3/t12-,13+,14-,15-,16-,20-,21-,22-/m0/s1/i1D3,10D. The van der Waals surface area contributed by atoms with Crippen molar-refractivity contribution in [2.45, 2.75) is 58.4 Å². The summed E-state index contributed by atoms with van der Waals surface area (Å²) in [6.07, 6.45) is 4.68. The zero-order chi connectivity index (χ0) is 22.0. The minimum absolute atomic E-state index is 0.00863. The van der Waals surface area contributed by atoms with E-state index in [9.17, 15) is 14.7 Å². The van der Waals surface area contributed by atoms with E-state index >= 15 is 0 Å². The number of halogens is 1. The van der Waals surface area contributed by atoms with E-state index in [4.69, 9.17) is 17.1 Å². The molecular formula is C22H27ClO3. The van der Waals surface area contributed by atoms with Crippen LogP contribution in [0.3, 0.4) is 0 Å². The quantitative estimate of drug-likeness (QED) is 0.749. The number of Topliss-reactive ketones (excluding diaryl/α,β-unsaturated/α-hetero) is 1. The molecule has 0 unspecified atom stereocenters. The minimum atomic E-state index is -2.84. The second kappa shape index (κ2) is 4.91. The Kier molecular flexibility index (Phi) is 2.51. The maximum atomic E-state index is 12.8. The smallest absolute Gasteiger partial charge is 0.161 e. The van der Waals surface area contributed by atoms with Crippen molar-refractivity contribution in [2.75, 3.05) is 0 Å². The molecule has 0 amide bonds. The third kappa shape index (κ3) is 1.75. The van der Waals surface area contributed by atoms with E-state index in [1.165, 1.54) is 0 Å². The lowest BCUT2D eigenvalue weighted by Gasteiger charge is -2.57. The highest BCUT2D eigenvalue weighted by Crippen LogP contribution is 2.72. The average molecular weight is 379 g/mol. The summed E-state index contributed by atoms with van der Waals surface area (Å²) in [4.78, 5) is 25.3. The molecule has 0 aromatic heterocycles. The van der Waals surface area contributed by atoms with E-state index in [0.717, 1.165) is 6.42 Å². The number of hydrogen-bond acceptors (Lipinski definition) is 3. The Labute approximate surface area is 165 Å². The second-order valence-corrected chi connectivity index (χ2v) is 9.99. The predicted octanol–water partition coefficient (Wildman–Crippen LogP) is 4.04. The molecule has 5 rings (SSSR count). The first-order valence-corrected chi connectivity index (χ1v) is 10.1. The lowest BCUT2D eigenvalue weighted by Crippen LogP contribution is -2.56. The summed E-state index contributed by atoms with van der Waals surface area (Å²) in [6.45, 7) is 1.16. The van der Waals surface area contributed by atoms with Crippen molar-refractivity contribution in [2.24, 2.45) is 40.4 Å². The van der Waals surface area contributed by atoms with Gasteiger partial charge in [0.25, 0.3) is 0 Å². The lowest BCUT2D eigenvalue weighted by atomic mass is 9.47. The van der Waals surface area contributed by atoms with Crippen LogP contribution >= 0.6 is 11.6 Å². The molecule has 0 saturated heterocycles. The van der Waals surface area contributed by atoms with Gasteiger partial charge in [-0.1, -0.05) is 31.5 Å². The van der Waals surface area contributed by atoms with Gasteiger partial charge in [-0.3, -0.25) is 9.59 Å². The summed E-state index contributed by atoms with van der Waals surface area (Å²) < 4.78 is 31.2. The van der Waals surface area contributed by atoms with Gasteiger partial charge in [-0.2, -0.15) is 0 Å². The van der Waals surface area contributed by atoms with Crippen LogP contribution in [0.1, 0.15) is 58.3 Å². The first-order valence-electron chi connectivity index (χ1n) is 11.7. The number of carbonyl (C=O) groups excluding carboxylic acids is 2. The second-order valence-electron chi connectivity index (χ2n) is 9.58. The van der Waals surface area contributed by atoms with Crippen LogP contribution in [0.2, 0.25) is 0 Å². The molecule has 3 saturated carbocycles. The third-order valence-electron chi connectivity index (χ3n) is 8.89. The molecule has 0 bridgehead atoms. The van der Waals surface area contributed by atoms with Crippen LogP contribution in [0.4, 0.5) is 0 Å². The topological polar surface area (TPSA) is 54.4 Å². The van der Waals surface area contributed by atoms with Gasteiger partial charge in [-0.25, -0.2) is 0 Å². The zero-order valence-electron chi connectivity index (χ0n) is 19.1. The van der Waals surface area contributed by atoms with Gasteiger partial charge < -0.3 is 5.11 Å². The summed E-state index contributed by atoms with van der Waals surface area (Å²) >= 11 is 6.70. The minimum Gasteiger partial charge on any atom is -0.382 e. The normalized spacial score (nSPS) is 57.5. The summed E-state index contributed by atoms with van der Waals surface area (Å²) in [7, 11) is 0. The third-order valence-corrected chi connectivity index (χ3v) is 9.21. The number of rotatable bonds is 1. The van der Waals surface area contributed by atoms with Crippen LogP contribution in [0.25, 0.3) is 0 Å². The fraction of sp³-hybridized carbons (Fsp3) is 0.727. The average Bonchev–Trinajstić information content (AvgIpc) is 3.41. The lowest BCUT2D eigenvalue weighted by molar-refractivity contribution is -0.157. The van der Waals surface area contributed by atoms with E-state index in [-0.39, 0.29) is 53.3 Å². The molecule has 0 aromatic rings. The number of fused-ring (bicyclic) bond motifs is 7. The summed E-state index contributed by atoms with van der Waals surface area (Å²) in [5, 5.41) is 11.8. The van der Waals surface area contributed by atoms with Gasteiger partial charge in [0.1, 0.15) is 5.60 Å². The van der Waals surface area contributed by atoms with Crippen LogP contribution in [0, 0.1) is 40.4 Å². The number of carbonyl (C=O) groups is 2. The van der Waals surface area contributed by atoms with Crippen molar-refractivity contribution < 1.29 is 20.2 Å². The molecular weight excluding hydrogens is 348 g/mol. The fourth-order valence-corrected chi connectivity index (χ4v) is 7.63. The highest BCUT2D eigenvalue weighted by atomic mass is 35.5. The summed E-state index contributed by atoms with van der Waals surface area (Å²) in [5.74, 6) is -0.944. The van der Waals surface area contributed by atoms with Gasteiger partial charge in [0, 0.05) is 25.9 Å². The molecule has 5 aliphatic rings. The maximum Gasteiger partial charge on any atom is 0.161 e. The largest absolute Gasteiger partial charge is 0.382 e. The van der Waals surface area contributed by atoms with Crippen molar-refractivity contribution in [1.82, 2.24) is 0 Å². The molecule has 8 atom stereocenters. The molecule has 5 aliphatic carbocycles. The Morgan fingerprint density at radius 2 is 2.04 bits per heavy atom. The molecule has 3 nitrogen and oxygen atoms in total. The van der Waals surface area contributed by atoms with Crippen LogP contribution < -0.4 is 0 Å². The maximum absolute atomic E-state index is 12.8. The monoisotopic (exact) mass is 378 g/mol. The van der Waals surface area contributed by atoms with E-state index in [1.807, 2.05) is 13.0 Å². The van der Waals surface area contributed by atoms with E-state index in [1.54, 1.807) is 0 Å². The molecule has 3 fully saturated rings. The zero-order valence-corrected chi connectivity index (χ0v) is 15.9. The van der Waals surface area contributed by atoms with Crippen molar-refractivity contribution in [3.05, 3.63) is 22.7 Å². The van der Waals surface area contributed by atoms with Gasteiger partial charge in [0.2, 0.25) is 0 Å². The van der Waals surface area contributed by atoms with Crippen LogP contribution in [0.5, 0.6) is 0 Å². The fourth-order valence-electron chi connectivity index (χ4n) is 7.23. The number of hydrogen-bond donors (Lipinski definition) is 1. The van der Waals surface area contributed by atoms with Crippen molar-refractivity contribution >= 4 is 23.2 Å². The molecule has 0 radical (unpaired) electrons. The Morgan fingerprint density at radius 1 is 1.31 bits per heavy atom. The molecule has 0 aliphatic heterocycles. The number of aliphatic hydroxyl groups is 1. The van der Waals surface area contributed by atoms with Crippen LogP contribution in [-0.4, -0.2) is 22.3 Å². The van der Waals surface area contributed by atoms with Crippen LogP contribution in [-0.2, 0) is 9.59 Å². The highest BCUT2D eigenvalue weighted by Gasteiger charge is 2.69. The predicted molar refractivity (Wildman–Crippen MR) is 99.4 cm³/mol. The molecule has 140 valence electrons. The number of allylic oxidation sites excluding steroid dienone is 4. The van der Waals surface area contributed by atoms with Gasteiger partial charge >= 0.3 is 0 Å². The molecule has 26 heavy (non-hydrogen) atoms. The molecule has 4 heteroatoms. The number of ketones is 2. The van der Waals surface area contributed by atoms with Crippen molar-refractivity contribution in [3.8, 4) is 0 Å². The van der Waals surface area contributed by atoms with Gasteiger partial charge in [-0.15, -0.1) is 0 Å². The Hall–Kier alpha value is -0.930. The van der Waals surface area contributed by atoms with E-state index < -0.39 is 23.7 Å². The Bertz CT molecular complexity index is 939. The van der Waals surface area contributed by atoms with Crippen LogP contribution in [0.15, 0.2) is 22.7 Å². The Morgan fingerprint density at radius 3 is 2.77 bits per heavy atom. The first-order chi connectivity index (χ1) is 13.8. The highest BCUT2D eigenvalue weighted by molar-refractivity contribution is 6.32. The SMILES string of the molecule is [2H]C1=C2C(Cl)=C[C@@H]3[C@H](CC[C@@]4(C)[C@H]3CC[C@]4(O)C(=O)C([2H])([2H])[2H])[C@@]2(C)[C@H]2C[C@H]2C1=O. The van der Waals surface area contributed by atoms with Crippen molar-refractivity contribution in [1.29, 1.82) is 0 Å². The summed E-state index contributed by atoms with van der Waals surface area (Å²) in [6, 6.07) is 0.0461. The molecule has 1 N–H and O–H groups in total. The van der Waals surface area contributed by atoms with Gasteiger partial charge in [-0.05, 0) is 74.3 Å². The Balaban J connectivity index is 1.60. The molecule has 0 spiro atoms. The van der Waals surface area contributed by atoms with E-state index in [0.29, 0.717) is 29.9 Å². The summed E-state index contributed by atoms with van der Waals surface area (Å²) in [5.41, 5.74) is -2.38. The first kappa shape index (κ1) is 13.3. The van der Waals surface area contributed by atoms with Gasteiger partial charge in [0.05, 0.1) is 1.37 Å². The van der Waals surface area contributed by atoms with E-state index in [2.05, 4.69) is 6.92 Å². The van der Waals surface area contributed by atoms with Gasteiger partial charge in [0.15, 0.2) is 11.6 Å². The molecule has 0 aromatic carbocycles.